The fraction of sp³-hybridized carbons (Fsp3) is 0.478. The van der Waals surface area contributed by atoms with Crippen LogP contribution < -0.4 is 21.9 Å². The van der Waals surface area contributed by atoms with E-state index >= 15 is 0 Å². The smallest absolute Gasteiger partial charge is 0.330 e. The highest BCUT2D eigenvalue weighted by molar-refractivity contribution is 6.12. The second-order valence-corrected chi connectivity index (χ2v) is 7.70. The summed E-state index contributed by atoms with van der Waals surface area (Å²) < 4.78 is 3.39. The molecule has 32 heavy (non-hydrogen) atoms. The van der Waals surface area contributed by atoms with Gasteiger partial charge in [-0.3, -0.25) is 19.1 Å². The number of anilines is 2. The van der Waals surface area contributed by atoms with Gasteiger partial charge < -0.3 is 15.2 Å². The van der Waals surface area contributed by atoms with Crippen LogP contribution >= 0.6 is 0 Å². The molecule has 0 saturated carbocycles. The topological polar surface area (TPSA) is 130 Å². The zero-order valence-electron chi connectivity index (χ0n) is 19.5. The Balaban J connectivity index is 2.56. The SMILES string of the molecule is CCCCn1c(N)c(N(CC)C(=O)/C(C#N)=C/c2cc(C)n(CCC)c2C)c(=O)[nH]c1=O. The summed E-state index contributed by atoms with van der Waals surface area (Å²) in [6.07, 6.45) is 4.01. The summed E-state index contributed by atoms with van der Waals surface area (Å²) in [6, 6.07) is 3.89. The molecule has 9 heteroatoms. The van der Waals surface area contributed by atoms with Crippen molar-refractivity contribution in [2.45, 2.75) is 67.0 Å². The minimum absolute atomic E-state index is 0.0826. The van der Waals surface area contributed by atoms with Crippen molar-refractivity contribution in [1.29, 1.82) is 5.26 Å². The van der Waals surface area contributed by atoms with Gasteiger partial charge >= 0.3 is 5.69 Å². The zero-order chi connectivity index (χ0) is 24.0. The van der Waals surface area contributed by atoms with E-state index in [-0.39, 0.29) is 23.6 Å². The number of likely N-dealkylation sites (N-methyl/N-ethyl adjacent to an activating group) is 1. The number of nitriles is 1. The summed E-state index contributed by atoms with van der Waals surface area (Å²) in [6.45, 7) is 10.9. The molecule has 1 amide bonds. The monoisotopic (exact) mass is 440 g/mol. The number of amides is 1. The number of rotatable bonds is 9. The molecule has 0 aromatic carbocycles. The second kappa shape index (κ2) is 10.7. The Kier molecular flexibility index (Phi) is 8.24. The van der Waals surface area contributed by atoms with Crippen LogP contribution in [0.15, 0.2) is 21.2 Å². The van der Waals surface area contributed by atoms with Crippen LogP contribution in [0.5, 0.6) is 0 Å². The number of nitrogen functional groups attached to an aromatic ring is 1. The molecule has 0 aliphatic carbocycles. The van der Waals surface area contributed by atoms with Crippen LogP contribution in [0.4, 0.5) is 11.5 Å². The van der Waals surface area contributed by atoms with Crippen molar-refractivity contribution in [3.63, 3.8) is 0 Å². The molecule has 0 saturated heterocycles. The van der Waals surface area contributed by atoms with Gasteiger partial charge in [-0.2, -0.15) is 5.26 Å². The molecule has 2 heterocycles. The van der Waals surface area contributed by atoms with Gasteiger partial charge in [-0.1, -0.05) is 20.3 Å². The fourth-order valence-corrected chi connectivity index (χ4v) is 3.76. The highest BCUT2D eigenvalue weighted by Crippen LogP contribution is 2.22. The molecule has 2 aromatic heterocycles. The standard InChI is InChI=1S/C23H32N6O3/c1-6-9-11-29-20(25)19(21(30)26-23(29)32)27(8-3)22(31)18(14-24)13-17-12-15(4)28(10-7-2)16(17)5/h12-13H,6-11,25H2,1-5H3,(H,26,30,32)/b18-13+. The number of nitrogens with two attached hydrogens (primary N) is 1. The predicted octanol–water partition coefficient (Wildman–Crippen LogP) is 2.71. The first-order valence-electron chi connectivity index (χ1n) is 10.9. The Hall–Kier alpha value is -3.54. The third kappa shape index (κ3) is 4.85. The van der Waals surface area contributed by atoms with Gasteiger partial charge in [-0.15, -0.1) is 0 Å². The van der Waals surface area contributed by atoms with Gasteiger partial charge in [0.25, 0.3) is 11.5 Å². The number of aromatic nitrogens is 3. The molecule has 3 N–H and O–H groups in total. The maximum absolute atomic E-state index is 13.3. The minimum atomic E-state index is -0.756. The van der Waals surface area contributed by atoms with Crippen LogP contribution in [0.1, 0.15) is 57.0 Å². The van der Waals surface area contributed by atoms with Gasteiger partial charge in [-0.05, 0) is 51.3 Å². The molecule has 0 fully saturated rings. The molecule has 0 atom stereocenters. The number of unbranched alkanes of at least 4 members (excludes halogenated alkanes) is 1. The summed E-state index contributed by atoms with van der Waals surface area (Å²) in [5, 5.41) is 9.73. The molecule has 0 bridgehead atoms. The van der Waals surface area contributed by atoms with E-state index in [1.165, 1.54) is 10.6 Å². The number of hydrogen-bond donors (Lipinski definition) is 2. The molecule has 0 unspecified atom stereocenters. The van der Waals surface area contributed by atoms with Crippen molar-refractivity contribution in [2.75, 3.05) is 17.2 Å². The molecule has 2 aromatic rings. The van der Waals surface area contributed by atoms with Gasteiger partial charge in [0.15, 0.2) is 5.69 Å². The maximum Gasteiger partial charge on any atom is 0.330 e. The average Bonchev–Trinajstić information content (AvgIpc) is 3.01. The van der Waals surface area contributed by atoms with Crippen molar-refractivity contribution in [2.24, 2.45) is 0 Å². The van der Waals surface area contributed by atoms with E-state index in [0.717, 1.165) is 41.2 Å². The first kappa shape index (κ1) is 24.7. The number of aromatic amines is 1. The summed E-state index contributed by atoms with van der Waals surface area (Å²) in [7, 11) is 0. The van der Waals surface area contributed by atoms with Gasteiger partial charge in [0.05, 0.1) is 0 Å². The van der Waals surface area contributed by atoms with Crippen LogP contribution in [0, 0.1) is 25.2 Å². The number of nitrogens with zero attached hydrogens (tertiary/aromatic N) is 4. The average molecular weight is 441 g/mol. The van der Waals surface area contributed by atoms with Crippen molar-refractivity contribution < 1.29 is 4.79 Å². The van der Waals surface area contributed by atoms with E-state index in [2.05, 4.69) is 16.5 Å². The Morgan fingerprint density at radius 1 is 1.19 bits per heavy atom. The van der Waals surface area contributed by atoms with E-state index in [9.17, 15) is 19.6 Å². The van der Waals surface area contributed by atoms with Crippen LogP contribution in [-0.4, -0.2) is 26.6 Å². The second-order valence-electron chi connectivity index (χ2n) is 7.70. The van der Waals surface area contributed by atoms with E-state index in [1.54, 1.807) is 6.92 Å². The number of carbonyl (C=O) groups is 1. The lowest BCUT2D eigenvalue weighted by Crippen LogP contribution is -2.41. The number of aryl methyl sites for hydroxylation is 1. The molecule has 172 valence electrons. The van der Waals surface area contributed by atoms with E-state index < -0.39 is 17.2 Å². The maximum atomic E-state index is 13.3. The lowest BCUT2D eigenvalue weighted by Gasteiger charge is -2.22. The number of hydrogen-bond acceptors (Lipinski definition) is 5. The molecule has 0 radical (unpaired) electrons. The fourth-order valence-electron chi connectivity index (χ4n) is 3.76. The summed E-state index contributed by atoms with van der Waals surface area (Å²) in [5.74, 6) is -0.728. The van der Waals surface area contributed by atoms with Gasteiger partial charge in [-0.25, -0.2) is 4.79 Å². The van der Waals surface area contributed by atoms with Crippen molar-refractivity contribution in [3.05, 3.63) is 49.4 Å². The lowest BCUT2D eigenvalue weighted by atomic mass is 10.1. The van der Waals surface area contributed by atoms with Crippen LogP contribution in [0.25, 0.3) is 6.08 Å². The van der Waals surface area contributed by atoms with E-state index in [4.69, 9.17) is 5.73 Å². The Morgan fingerprint density at radius 2 is 1.88 bits per heavy atom. The highest BCUT2D eigenvalue weighted by atomic mass is 16.2. The summed E-state index contributed by atoms with van der Waals surface area (Å²) in [5.41, 5.74) is 7.31. The first-order valence-corrected chi connectivity index (χ1v) is 10.9. The third-order valence-corrected chi connectivity index (χ3v) is 5.49. The van der Waals surface area contributed by atoms with Crippen molar-refractivity contribution in [1.82, 2.24) is 14.1 Å². The number of nitrogens with one attached hydrogen (secondary N) is 1. The normalized spacial score (nSPS) is 11.4. The molecule has 0 spiro atoms. The van der Waals surface area contributed by atoms with E-state index in [1.807, 2.05) is 32.9 Å². The van der Waals surface area contributed by atoms with Gasteiger partial charge in [0.2, 0.25) is 0 Å². The van der Waals surface area contributed by atoms with Crippen LogP contribution in [0.2, 0.25) is 0 Å². The molecular formula is C23H32N6O3. The largest absolute Gasteiger partial charge is 0.383 e. The molecule has 0 aliphatic rings. The Bertz CT molecular complexity index is 1180. The summed E-state index contributed by atoms with van der Waals surface area (Å²) >= 11 is 0. The van der Waals surface area contributed by atoms with E-state index in [0.29, 0.717) is 13.0 Å². The first-order chi connectivity index (χ1) is 15.2. The van der Waals surface area contributed by atoms with Crippen LogP contribution in [0.3, 0.4) is 0 Å². The van der Waals surface area contributed by atoms with Crippen molar-refractivity contribution >= 4 is 23.5 Å². The number of H-pyrrole nitrogens is 1. The van der Waals surface area contributed by atoms with Crippen LogP contribution in [-0.2, 0) is 17.9 Å². The predicted molar refractivity (Wildman–Crippen MR) is 126 cm³/mol. The number of carbonyl (C=O) groups excluding carboxylic acids is 1. The van der Waals surface area contributed by atoms with Gasteiger partial charge in [0, 0.05) is 31.0 Å². The Labute approximate surface area is 187 Å². The molecule has 0 aliphatic heterocycles. The third-order valence-electron chi connectivity index (χ3n) is 5.49. The molecule has 9 nitrogen and oxygen atoms in total. The van der Waals surface area contributed by atoms with Crippen molar-refractivity contribution in [3.8, 4) is 6.07 Å². The quantitative estimate of drug-likeness (QED) is 0.457. The lowest BCUT2D eigenvalue weighted by molar-refractivity contribution is -0.114. The minimum Gasteiger partial charge on any atom is -0.383 e. The van der Waals surface area contributed by atoms with Gasteiger partial charge in [0.1, 0.15) is 17.5 Å². The zero-order valence-corrected chi connectivity index (χ0v) is 19.5. The Morgan fingerprint density at radius 3 is 2.44 bits per heavy atom. The molecule has 2 rings (SSSR count). The molecular weight excluding hydrogens is 408 g/mol. The summed E-state index contributed by atoms with van der Waals surface area (Å²) in [4.78, 5) is 41.5. The highest BCUT2D eigenvalue weighted by Gasteiger charge is 2.26.